The highest BCUT2D eigenvalue weighted by Crippen LogP contribution is 2.28. The van der Waals surface area contributed by atoms with E-state index < -0.39 is 0 Å². The summed E-state index contributed by atoms with van der Waals surface area (Å²) in [6.07, 6.45) is 7.58. The van der Waals surface area contributed by atoms with Crippen molar-refractivity contribution < 1.29 is 0 Å². The van der Waals surface area contributed by atoms with Gasteiger partial charge in [0, 0.05) is 5.41 Å². The van der Waals surface area contributed by atoms with Crippen LogP contribution in [0, 0.1) is 5.41 Å². The molecule has 0 N–H and O–H groups in total. The van der Waals surface area contributed by atoms with Crippen molar-refractivity contribution in [2.75, 3.05) is 0 Å². The summed E-state index contributed by atoms with van der Waals surface area (Å²) in [5, 5.41) is 0. The zero-order valence-electron chi connectivity index (χ0n) is 10.6. The van der Waals surface area contributed by atoms with E-state index in [1.54, 1.807) is 0 Å². The molecule has 0 radical (unpaired) electrons. The molecule has 0 unspecified atom stereocenters. The molecule has 0 heterocycles. The Kier molecular flexibility index (Phi) is 5.83. The van der Waals surface area contributed by atoms with E-state index in [4.69, 9.17) is 0 Å². The first-order valence-electron chi connectivity index (χ1n) is 5.74. The van der Waals surface area contributed by atoms with Crippen LogP contribution in [0.1, 0.15) is 60.3 Å². The molecule has 0 saturated heterocycles. The zero-order valence-corrected chi connectivity index (χ0v) is 10.6. The van der Waals surface area contributed by atoms with Gasteiger partial charge in [-0.05, 0) is 26.7 Å². The quantitative estimate of drug-likeness (QED) is 0.407. The molecule has 0 nitrogen and oxygen atoms in total. The molecule has 0 heteroatoms. The summed E-state index contributed by atoms with van der Waals surface area (Å²) in [4.78, 5) is 0. The van der Waals surface area contributed by atoms with E-state index in [2.05, 4.69) is 47.3 Å². The summed E-state index contributed by atoms with van der Waals surface area (Å²) in [7, 11) is 0. The van der Waals surface area contributed by atoms with E-state index in [-0.39, 0.29) is 5.41 Å². The summed E-state index contributed by atoms with van der Waals surface area (Å²) < 4.78 is 0. The highest BCUT2D eigenvalue weighted by molar-refractivity contribution is 5.17. The molecule has 0 aromatic heterocycles. The minimum absolute atomic E-state index is 0.163. The monoisotopic (exact) mass is 194 g/mol. The van der Waals surface area contributed by atoms with Gasteiger partial charge in [-0.3, -0.25) is 0 Å². The molecule has 0 spiro atoms. The van der Waals surface area contributed by atoms with E-state index in [9.17, 15) is 0 Å². The van der Waals surface area contributed by atoms with Gasteiger partial charge in [0.05, 0.1) is 0 Å². The highest BCUT2D eigenvalue weighted by Gasteiger charge is 2.14. The molecule has 0 amide bonds. The van der Waals surface area contributed by atoms with Gasteiger partial charge in [0.2, 0.25) is 0 Å². The first-order chi connectivity index (χ1) is 6.40. The Morgan fingerprint density at radius 1 is 1.21 bits per heavy atom. The summed E-state index contributed by atoms with van der Waals surface area (Å²) in [5.74, 6) is 0. The second-order valence-electron chi connectivity index (χ2n) is 4.95. The molecule has 0 atom stereocenters. The van der Waals surface area contributed by atoms with Crippen LogP contribution in [0.3, 0.4) is 0 Å². The van der Waals surface area contributed by atoms with Gasteiger partial charge < -0.3 is 0 Å². The molecule has 0 aromatic rings. The van der Waals surface area contributed by atoms with E-state index in [0.717, 1.165) is 0 Å². The van der Waals surface area contributed by atoms with Crippen LogP contribution < -0.4 is 0 Å². The van der Waals surface area contributed by atoms with Crippen molar-refractivity contribution in [3.05, 3.63) is 23.8 Å². The number of unbranched alkanes of at least 4 members (excludes halogenated alkanes) is 2. The van der Waals surface area contributed by atoms with Gasteiger partial charge in [0.25, 0.3) is 0 Å². The maximum Gasteiger partial charge on any atom is 0.00313 e. The molecular weight excluding hydrogens is 168 g/mol. The van der Waals surface area contributed by atoms with Crippen LogP contribution >= 0.6 is 0 Å². The Hall–Kier alpha value is -0.520. The number of hydrogen-bond acceptors (Lipinski definition) is 0. The Balaban J connectivity index is 4.15. The Bertz CT molecular complexity index is 206. The van der Waals surface area contributed by atoms with Crippen molar-refractivity contribution in [3.63, 3.8) is 0 Å². The first kappa shape index (κ1) is 13.5. The standard InChI is InChI=1S/C14H26/c1-7-8-9-10-13(4)11-14(5,6)12(2)3/h11H,2,7-10H2,1,3-6H3/b13-11+. The van der Waals surface area contributed by atoms with Crippen LogP contribution in [0.25, 0.3) is 0 Å². The molecule has 14 heavy (non-hydrogen) atoms. The molecule has 0 bridgehead atoms. The summed E-state index contributed by atoms with van der Waals surface area (Å²) in [6.45, 7) is 15.1. The average Bonchev–Trinajstić information content (AvgIpc) is 2.03. The van der Waals surface area contributed by atoms with Crippen LogP contribution in [-0.2, 0) is 0 Å². The second-order valence-corrected chi connectivity index (χ2v) is 4.95. The predicted molar refractivity (Wildman–Crippen MR) is 66.5 cm³/mol. The average molecular weight is 194 g/mol. The van der Waals surface area contributed by atoms with Crippen LogP contribution in [0.4, 0.5) is 0 Å². The van der Waals surface area contributed by atoms with Gasteiger partial charge >= 0.3 is 0 Å². The van der Waals surface area contributed by atoms with Crippen LogP contribution in [0.2, 0.25) is 0 Å². The van der Waals surface area contributed by atoms with Crippen LogP contribution in [0.15, 0.2) is 23.8 Å². The SMILES string of the molecule is C=C(C)C(C)(C)/C=C(\C)CCCCC. The molecule has 0 aliphatic rings. The van der Waals surface area contributed by atoms with E-state index in [0.29, 0.717) is 0 Å². The van der Waals surface area contributed by atoms with E-state index in [1.807, 2.05) is 0 Å². The van der Waals surface area contributed by atoms with Crippen molar-refractivity contribution in [3.8, 4) is 0 Å². The lowest BCUT2D eigenvalue weighted by molar-refractivity contribution is 0.572. The fraction of sp³-hybridized carbons (Fsp3) is 0.714. The molecule has 0 aliphatic carbocycles. The molecule has 82 valence electrons. The van der Waals surface area contributed by atoms with Crippen LogP contribution in [0.5, 0.6) is 0 Å². The van der Waals surface area contributed by atoms with Gasteiger partial charge in [-0.25, -0.2) is 0 Å². The maximum absolute atomic E-state index is 4.03. The third kappa shape index (κ3) is 5.26. The largest absolute Gasteiger partial charge is 0.0993 e. The van der Waals surface area contributed by atoms with Crippen molar-refractivity contribution in [1.29, 1.82) is 0 Å². The summed E-state index contributed by atoms with van der Waals surface area (Å²) >= 11 is 0. The Morgan fingerprint density at radius 2 is 1.79 bits per heavy atom. The topological polar surface area (TPSA) is 0 Å². The number of allylic oxidation sites excluding steroid dienone is 3. The minimum atomic E-state index is 0.163. The summed E-state index contributed by atoms with van der Waals surface area (Å²) in [6, 6.07) is 0. The maximum atomic E-state index is 4.03. The van der Waals surface area contributed by atoms with Crippen molar-refractivity contribution in [2.24, 2.45) is 5.41 Å². The third-order valence-electron chi connectivity index (χ3n) is 2.88. The minimum Gasteiger partial charge on any atom is -0.0993 e. The second kappa shape index (κ2) is 6.06. The van der Waals surface area contributed by atoms with Gasteiger partial charge in [-0.1, -0.05) is 57.4 Å². The Morgan fingerprint density at radius 3 is 2.21 bits per heavy atom. The van der Waals surface area contributed by atoms with Gasteiger partial charge in [0.15, 0.2) is 0 Å². The van der Waals surface area contributed by atoms with Crippen molar-refractivity contribution >= 4 is 0 Å². The fourth-order valence-corrected chi connectivity index (χ4v) is 1.47. The van der Waals surface area contributed by atoms with E-state index >= 15 is 0 Å². The van der Waals surface area contributed by atoms with Crippen molar-refractivity contribution in [1.82, 2.24) is 0 Å². The normalized spacial score (nSPS) is 13.1. The third-order valence-corrected chi connectivity index (χ3v) is 2.88. The first-order valence-corrected chi connectivity index (χ1v) is 5.74. The van der Waals surface area contributed by atoms with E-state index in [1.165, 1.54) is 36.8 Å². The fourth-order valence-electron chi connectivity index (χ4n) is 1.47. The number of hydrogen-bond donors (Lipinski definition) is 0. The molecule has 0 saturated carbocycles. The van der Waals surface area contributed by atoms with Crippen molar-refractivity contribution in [2.45, 2.75) is 60.3 Å². The van der Waals surface area contributed by atoms with Crippen LogP contribution in [-0.4, -0.2) is 0 Å². The zero-order chi connectivity index (χ0) is 11.2. The lowest BCUT2D eigenvalue weighted by atomic mass is 9.84. The van der Waals surface area contributed by atoms with Gasteiger partial charge in [-0.2, -0.15) is 0 Å². The summed E-state index contributed by atoms with van der Waals surface area (Å²) in [5.41, 5.74) is 2.91. The lowest BCUT2D eigenvalue weighted by Crippen LogP contribution is -2.08. The smallest absolute Gasteiger partial charge is 0.00313 e. The lowest BCUT2D eigenvalue weighted by Gasteiger charge is -2.21. The molecule has 0 fully saturated rings. The number of rotatable bonds is 6. The molecule has 0 rings (SSSR count). The highest BCUT2D eigenvalue weighted by atomic mass is 14.2. The molecule has 0 aromatic carbocycles. The predicted octanol–water partition coefficient (Wildman–Crippen LogP) is 5.12. The van der Waals surface area contributed by atoms with Gasteiger partial charge in [-0.15, -0.1) is 0 Å². The van der Waals surface area contributed by atoms with Gasteiger partial charge in [0.1, 0.15) is 0 Å². The molecule has 0 aliphatic heterocycles. The molecular formula is C14H26. The Labute approximate surface area is 90.1 Å².